The van der Waals surface area contributed by atoms with Crippen molar-refractivity contribution in [3.63, 3.8) is 0 Å². The van der Waals surface area contributed by atoms with Crippen LogP contribution in [0.25, 0.3) is 0 Å². The molecule has 5 atom stereocenters. The molecule has 5 rings (SSSR count). The summed E-state index contributed by atoms with van der Waals surface area (Å²) in [5, 5.41) is -1.41. The van der Waals surface area contributed by atoms with Gasteiger partial charge in [-0.2, -0.15) is 0 Å². The van der Waals surface area contributed by atoms with Gasteiger partial charge >= 0.3 is 17.6 Å². The van der Waals surface area contributed by atoms with Gasteiger partial charge < -0.3 is 18.6 Å². The molecule has 1 saturated heterocycles. The number of aromatic amines is 1. The number of carbonyl (C=O) groups is 2. The minimum absolute atomic E-state index is 0.129. The number of hydrogen-bond donors (Lipinski definition) is 1. The number of alkyl halides is 1. The maximum Gasteiger partial charge on any atom is 0.338 e. The van der Waals surface area contributed by atoms with Gasteiger partial charge in [0.15, 0.2) is 26.3 Å². The van der Waals surface area contributed by atoms with E-state index < -0.39 is 60.4 Å². The van der Waals surface area contributed by atoms with Crippen molar-refractivity contribution in [2.24, 2.45) is 0 Å². The van der Waals surface area contributed by atoms with Crippen LogP contribution in [0.1, 0.15) is 47.7 Å². The molecule has 1 saturated carbocycles. The number of nitrogens with zero attached hydrogens (tertiary/aromatic N) is 1. The third-order valence-electron chi connectivity index (χ3n) is 8.47. The highest BCUT2D eigenvalue weighted by Crippen LogP contribution is 2.68. The topological polar surface area (TPSA) is 126 Å². The normalized spacial score (nSPS) is 26.8. The molecule has 1 aliphatic carbocycles. The second kappa shape index (κ2) is 10.6. The van der Waals surface area contributed by atoms with Crippen molar-refractivity contribution in [3.8, 4) is 0 Å². The molecule has 1 N–H and O–H groups in total. The summed E-state index contributed by atoms with van der Waals surface area (Å²) in [6, 6.07) is 17.8. The number of carbonyl (C=O) groups excluding carboxylic acids is 2. The van der Waals surface area contributed by atoms with E-state index in [1.165, 1.54) is 6.20 Å². The van der Waals surface area contributed by atoms with Crippen LogP contribution in [-0.2, 0) is 18.6 Å². The third-order valence-corrected chi connectivity index (χ3v) is 13.5. The van der Waals surface area contributed by atoms with E-state index in [1.807, 2.05) is 13.1 Å². The van der Waals surface area contributed by atoms with E-state index in [0.29, 0.717) is 0 Å². The van der Waals surface area contributed by atoms with Crippen molar-refractivity contribution in [2.75, 3.05) is 6.61 Å². The molecule has 2 aliphatic rings. The van der Waals surface area contributed by atoms with Gasteiger partial charge in [-0.05, 0) is 42.4 Å². The smallest absolute Gasteiger partial charge is 0.338 e. The van der Waals surface area contributed by atoms with Crippen LogP contribution in [-0.4, -0.2) is 59.1 Å². The number of rotatable bonds is 8. The van der Waals surface area contributed by atoms with Gasteiger partial charge in [0.05, 0.1) is 17.7 Å². The average molecular weight is 613 g/mol. The van der Waals surface area contributed by atoms with Crippen molar-refractivity contribution < 1.29 is 28.2 Å². The molecular formula is C30H33ClN2O8Si. The minimum atomic E-state index is -2.42. The summed E-state index contributed by atoms with van der Waals surface area (Å²) in [5.74, 6) is -1.38. The first kappa shape index (κ1) is 30.0. The second-order valence-corrected chi connectivity index (χ2v) is 17.3. The van der Waals surface area contributed by atoms with Gasteiger partial charge in [-0.25, -0.2) is 14.4 Å². The fraction of sp³-hybridized carbons (Fsp3) is 0.400. The highest BCUT2D eigenvalue weighted by molar-refractivity contribution is 6.74. The third kappa shape index (κ3) is 4.94. The van der Waals surface area contributed by atoms with Crippen molar-refractivity contribution in [2.45, 2.75) is 67.8 Å². The first-order chi connectivity index (χ1) is 19.7. The Balaban J connectivity index is 1.60. The number of aromatic nitrogens is 2. The van der Waals surface area contributed by atoms with Crippen LogP contribution in [0, 0.1) is 0 Å². The van der Waals surface area contributed by atoms with Crippen LogP contribution in [0.5, 0.6) is 0 Å². The SMILES string of the molecule is CC(C)(C)[Si](C)(C)OC[C@]12O[C@@H](n3ccc(=O)[nH]c3=O)[C@H](Cl)[C@@]1(OC(=O)c1ccccc1)C2OC(=O)c1ccccc1. The molecule has 0 amide bonds. The van der Waals surface area contributed by atoms with Gasteiger partial charge in [-0.15, -0.1) is 11.6 Å². The molecule has 1 unspecified atom stereocenters. The predicted octanol–water partition coefficient (Wildman–Crippen LogP) is 4.27. The lowest BCUT2D eigenvalue weighted by atomic mass is 10.1. The fourth-order valence-electron chi connectivity index (χ4n) is 4.95. The van der Waals surface area contributed by atoms with Crippen molar-refractivity contribution in [1.29, 1.82) is 0 Å². The summed E-state index contributed by atoms with van der Waals surface area (Å²) < 4.78 is 26.3. The number of benzene rings is 2. The molecule has 2 fully saturated rings. The van der Waals surface area contributed by atoms with Crippen LogP contribution in [0.4, 0.5) is 0 Å². The summed E-state index contributed by atoms with van der Waals surface area (Å²) in [7, 11) is -2.42. The van der Waals surface area contributed by atoms with Crippen LogP contribution in [0.3, 0.4) is 0 Å². The Morgan fingerprint density at radius 1 is 0.976 bits per heavy atom. The van der Waals surface area contributed by atoms with Gasteiger partial charge in [0.2, 0.25) is 5.60 Å². The maximum atomic E-state index is 13.5. The molecule has 222 valence electrons. The number of hydrogen-bond acceptors (Lipinski definition) is 8. The Labute approximate surface area is 248 Å². The minimum Gasteiger partial charge on any atom is -0.451 e. The maximum absolute atomic E-state index is 13.5. The van der Waals surface area contributed by atoms with E-state index in [1.54, 1.807) is 60.7 Å². The predicted molar refractivity (Wildman–Crippen MR) is 157 cm³/mol. The number of ether oxygens (including phenoxy) is 3. The largest absolute Gasteiger partial charge is 0.451 e. The number of halogens is 1. The van der Waals surface area contributed by atoms with E-state index in [0.717, 1.165) is 10.6 Å². The van der Waals surface area contributed by atoms with Crippen LogP contribution in [0.2, 0.25) is 18.1 Å². The average Bonchev–Trinajstić information content (AvgIpc) is 3.38. The van der Waals surface area contributed by atoms with Gasteiger partial charge in [0.1, 0.15) is 5.38 Å². The zero-order chi connectivity index (χ0) is 30.5. The zero-order valence-electron chi connectivity index (χ0n) is 24.0. The van der Waals surface area contributed by atoms with E-state index in [4.69, 9.17) is 30.2 Å². The molecule has 0 spiro atoms. The number of fused-ring (bicyclic) bond motifs is 1. The van der Waals surface area contributed by atoms with Crippen molar-refractivity contribution in [1.82, 2.24) is 9.55 Å². The molecule has 1 aromatic heterocycles. The molecule has 0 bridgehead atoms. The highest BCUT2D eigenvalue weighted by Gasteiger charge is 2.93. The Hall–Kier alpha value is -3.51. The van der Waals surface area contributed by atoms with Gasteiger partial charge in [0, 0.05) is 12.3 Å². The van der Waals surface area contributed by atoms with Crippen molar-refractivity contribution >= 4 is 31.9 Å². The first-order valence-corrected chi connectivity index (χ1v) is 16.9. The van der Waals surface area contributed by atoms with E-state index >= 15 is 0 Å². The Kier molecular flexibility index (Phi) is 7.59. The molecule has 1 aliphatic heterocycles. The van der Waals surface area contributed by atoms with E-state index in [2.05, 4.69) is 25.8 Å². The number of nitrogens with one attached hydrogen (secondary N) is 1. The van der Waals surface area contributed by atoms with Gasteiger partial charge in [-0.3, -0.25) is 14.3 Å². The second-order valence-electron chi connectivity index (χ2n) is 12.1. The first-order valence-electron chi connectivity index (χ1n) is 13.6. The fourth-order valence-corrected chi connectivity index (χ4v) is 6.48. The lowest BCUT2D eigenvalue weighted by Gasteiger charge is -2.37. The van der Waals surface area contributed by atoms with Crippen LogP contribution >= 0.6 is 11.6 Å². The monoisotopic (exact) mass is 612 g/mol. The molecule has 10 nitrogen and oxygen atoms in total. The molecule has 2 heterocycles. The summed E-state index contributed by atoms with van der Waals surface area (Å²) in [5.41, 5.74) is -4.10. The highest BCUT2D eigenvalue weighted by atomic mass is 35.5. The molecule has 3 aromatic rings. The molecule has 12 heteroatoms. The zero-order valence-corrected chi connectivity index (χ0v) is 25.7. The lowest BCUT2D eigenvalue weighted by molar-refractivity contribution is -0.0888. The van der Waals surface area contributed by atoms with Crippen LogP contribution < -0.4 is 11.2 Å². The summed E-state index contributed by atoms with van der Waals surface area (Å²) in [6.07, 6.45) is -1.09. The Morgan fingerprint density at radius 2 is 1.55 bits per heavy atom. The lowest BCUT2D eigenvalue weighted by Crippen LogP contribution is -2.45. The summed E-state index contributed by atoms with van der Waals surface area (Å²) in [6.45, 7) is 10.2. The molecule has 0 radical (unpaired) electrons. The Bertz CT molecular complexity index is 1600. The number of H-pyrrole nitrogens is 1. The Morgan fingerprint density at radius 3 is 2.10 bits per heavy atom. The summed E-state index contributed by atoms with van der Waals surface area (Å²) >= 11 is 7.07. The number of esters is 2. The van der Waals surface area contributed by atoms with Gasteiger partial charge in [0.25, 0.3) is 5.56 Å². The van der Waals surface area contributed by atoms with Crippen molar-refractivity contribution in [3.05, 3.63) is 105 Å². The van der Waals surface area contributed by atoms with E-state index in [-0.39, 0.29) is 22.8 Å². The standard InChI is InChI=1S/C30H33ClN2O8Si/c1-28(2,3)42(4,5)38-18-29-26(39-24(35)19-12-8-6-9-13-19)30(29,41-25(36)20-14-10-7-11-15-20)22(31)23(40-29)33-17-16-21(34)32-27(33)37/h6-17,22-23,26H,18H2,1-5H3,(H,32,34,37)/t22-,23+,26?,29+,30+/m0/s1. The molecule has 2 aromatic carbocycles. The molecule has 42 heavy (non-hydrogen) atoms. The molecular weight excluding hydrogens is 580 g/mol. The summed E-state index contributed by atoms with van der Waals surface area (Å²) in [4.78, 5) is 53.6. The van der Waals surface area contributed by atoms with Crippen LogP contribution in [0.15, 0.2) is 82.5 Å². The quantitative estimate of drug-likeness (QED) is 0.227. The van der Waals surface area contributed by atoms with Gasteiger partial charge in [-0.1, -0.05) is 57.2 Å². The van der Waals surface area contributed by atoms with E-state index in [9.17, 15) is 19.2 Å².